The highest BCUT2D eigenvalue weighted by molar-refractivity contribution is 7.99. The smallest absolute Gasteiger partial charge is 0.308 e. The first-order valence-electron chi connectivity index (χ1n) is 6.26. The van der Waals surface area contributed by atoms with Gasteiger partial charge in [0.15, 0.2) is 5.16 Å². The van der Waals surface area contributed by atoms with Crippen LogP contribution in [0.5, 0.6) is 0 Å². The fraction of sp³-hybridized carbons (Fsp3) is 0.455. The Morgan fingerprint density at radius 2 is 2.15 bits per heavy atom. The predicted molar refractivity (Wildman–Crippen MR) is 74.6 cm³/mol. The van der Waals surface area contributed by atoms with E-state index in [2.05, 4.69) is 25.6 Å². The van der Waals surface area contributed by atoms with Crippen LogP contribution in [0, 0.1) is 13.8 Å². The number of aromatic amines is 1. The summed E-state index contributed by atoms with van der Waals surface area (Å²) in [5.74, 6) is 6.64. The second-order valence-corrected chi connectivity index (χ2v) is 5.66. The van der Waals surface area contributed by atoms with E-state index < -0.39 is 0 Å². The number of nitrogens with zero attached hydrogens (tertiary/aromatic N) is 4. The van der Waals surface area contributed by atoms with Gasteiger partial charge >= 0.3 is 5.69 Å². The van der Waals surface area contributed by atoms with Gasteiger partial charge in [-0.2, -0.15) is 0 Å². The minimum absolute atomic E-state index is 0.171. The largest absolute Gasteiger partial charge is 0.344 e. The molecule has 106 valence electrons. The van der Waals surface area contributed by atoms with Crippen LogP contribution < -0.4 is 17.0 Å². The van der Waals surface area contributed by atoms with Crippen molar-refractivity contribution in [1.82, 2.24) is 24.7 Å². The highest BCUT2D eigenvalue weighted by Crippen LogP contribution is 2.38. The van der Waals surface area contributed by atoms with E-state index in [-0.39, 0.29) is 11.7 Å². The minimum atomic E-state index is -0.171. The number of H-pyrrole nitrogens is 1. The molecule has 4 N–H and O–H groups in total. The van der Waals surface area contributed by atoms with Crippen molar-refractivity contribution in [3.8, 4) is 0 Å². The molecule has 2 aromatic heterocycles. The fourth-order valence-electron chi connectivity index (χ4n) is 1.95. The molecular weight excluding hydrogens is 278 g/mol. The first kappa shape index (κ1) is 13.1. The Hall–Kier alpha value is -1.87. The van der Waals surface area contributed by atoms with Crippen molar-refractivity contribution in [2.75, 3.05) is 5.43 Å². The number of hydrazine groups is 1. The minimum Gasteiger partial charge on any atom is -0.308 e. The molecule has 9 heteroatoms. The van der Waals surface area contributed by atoms with E-state index in [0.29, 0.717) is 16.8 Å². The average molecular weight is 293 g/mol. The molecule has 0 aliphatic heterocycles. The average Bonchev–Trinajstić information content (AvgIpc) is 3.18. The summed E-state index contributed by atoms with van der Waals surface area (Å²) in [7, 11) is 0. The lowest BCUT2D eigenvalue weighted by atomic mass is 10.3. The molecule has 3 rings (SSSR count). The van der Waals surface area contributed by atoms with Crippen LogP contribution in [-0.4, -0.2) is 24.7 Å². The number of nitrogen functional groups attached to an aromatic ring is 1. The van der Waals surface area contributed by atoms with E-state index in [0.717, 1.165) is 23.4 Å². The van der Waals surface area contributed by atoms with Gasteiger partial charge in [-0.1, -0.05) is 0 Å². The number of nitrogens with two attached hydrogens (primary N) is 1. The molecule has 0 amide bonds. The Bertz CT molecular complexity index is 703. The third-order valence-corrected chi connectivity index (χ3v) is 4.18. The zero-order chi connectivity index (χ0) is 14.3. The molecule has 0 atom stereocenters. The van der Waals surface area contributed by atoms with Crippen molar-refractivity contribution >= 4 is 17.6 Å². The Morgan fingerprint density at radius 3 is 2.80 bits per heavy atom. The first-order chi connectivity index (χ1) is 9.60. The Balaban J connectivity index is 1.99. The van der Waals surface area contributed by atoms with Gasteiger partial charge < -0.3 is 5.43 Å². The monoisotopic (exact) mass is 293 g/mol. The lowest BCUT2D eigenvalue weighted by Crippen LogP contribution is -2.16. The van der Waals surface area contributed by atoms with E-state index in [1.807, 2.05) is 6.92 Å². The summed E-state index contributed by atoms with van der Waals surface area (Å²) in [4.78, 5) is 20.4. The van der Waals surface area contributed by atoms with Crippen molar-refractivity contribution in [2.24, 2.45) is 5.84 Å². The second kappa shape index (κ2) is 4.91. The van der Waals surface area contributed by atoms with Gasteiger partial charge in [0, 0.05) is 11.6 Å². The van der Waals surface area contributed by atoms with Crippen LogP contribution in [0.25, 0.3) is 0 Å². The fourth-order valence-corrected chi connectivity index (χ4v) is 2.97. The predicted octanol–water partition coefficient (Wildman–Crippen LogP) is 0.750. The highest BCUT2D eigenvalue weighted by atomic mass is 32.2. The molecule has 1 saturated carbocycles. The first-order valence-corrected chi connectivity index (χ1v) is 7.08. The second-order valence-electron chi connectivity index (χ2n) is 4.71. The normalized spacial score (nSPS) is 14.6. The van der Waals surface area contributed by atoms with Gasteiger partial charge in [0.25, 0.3) is 0 Å². The number of aryl methyl sites for hydroxylation is 1. The van der Waals surface area contributed by atoms with E-state index in [1.165, 1.54) is 11.8 Å². The van der Waals surface area contributed by atoms with Crippen LogP contribution in [0.4, 0.5) is 5.82 Å². The maximum absolute atomic E-state index is 11.8. The molecule has 0 radical (unpaired) electrons. The molecule has 2 heterocycles. The lowest BCUT2D eigenvalue weighted by Gasteiger charge is -2.10. The lowest BCUT2D eigenvalue weighted by molar-refractivity contribution is 0.642. The van der Waals surface area contributed by atoms with E-state index in [1.54, 1.807) is 11.5 Å². The van der Waals surface area contributed by atoms with Gasteiger partial charge in [0.2, 0.25) is 0 Å². The van der Waals surface area contributed by atoms with Crippen LogP contribution in [0.15, 0.2) is 15.0 Å². The number of rotatable bonds is 4. The van der Waals surface area contributed by atoms with E-state index >= 15 is 0 Å². The van der Waals surface area contributed by atoms with E-state index in [4.69, 9.17) is 5.84 Å². The van der Waals surface area contributed by atoms with Crippen LogP contribution in [0.2, 0.25) is 0 Å². The zero-order valence-corrected chi connectivity index (χ0v) is 12.0. The van der Waals surface area contributed by atoms with Gasteiger partial charge in [-0.05, 0) is 38.5 Å². The summed E-state index contributed by atoms with van der Waals surface area (Å²) in [6.45, 7) is 3.67. The number of anilines is 1. The molecule has 0 bridgehead atoms. The van der Waals surface area contributed by atoms with Gasteiger partial charge in [0.1, 0.15) is 16.7 Å². The molecule has 1 fully saturated rings. The standard InChI is InChI=1S/C11H15N7OS/c1-5-8(15-12)13-6(2)14-9(5)20-11-17-16-10(19)18(11)7-3-4-7/h7H,3-4,12H2,1-2H3,(H,16,19)(H,13,14,15). The van der Waals surface area contributed by atoms with E-state index in [9.17, 15) is 4.79 Å². The number of hydrogen-bond donors (Lipinski definition) is 3. The molecule has 0 spiro atoms. The van der Waals surface area contributed by atoms with Crippen molar-refractivity contribution in [3.05, 3.63) is 21.9 Å². The van der Waals surface area contributed by atoms with Crippen LogP contribution in [-0.2, 0) is 0 Å². The third kappa shape index (κ3) is 2.29. The molecule has 20 heavy (non-hydrogen) atoms. The zero-order valence-electron chi connectivity index (χ0n) is 11.2. The maximum atomic E-state index is 11.8. The number of hydrogen-bond acceptors (Lipinski definition) is 7. The number of nitrogens with one attached hydrogen (secondary N) is 2. The van der Waals surface area contributed by atoms with Crippen LogP contribution >= 0.6 is 11.8 Å². The van der Waals surface area contributed by atoms with Crippen molar-refractivity contribution in [2.45, 2.75) is 42.9 Å². The van der Waals surface area contributed by atoms with Crippen molar-refractivity contribution in [1.29, 1.82) is 0 Å². The van der Waals surface area contributed by atoms with Crippen LogP contribution in [0.1, 0.15) is 30.3 Å². The highest BCUT2D eigenvalue weighted by Gasteiger charge is 2.29. The molecule has 1 aliphatic carbocycles. The summed E-state index contributed by atoms with van der Waals surface area (Å²) in [5, 5.41) is 7.94. The summed E-state index contributed by atoms with van der Waals surface area (Å²) < 4.78 is 1.69. The van der Waals surface area contributed by atoms with Gasteiger partial charge in [-0.25, -0.2) is 25.7 Å². The molecule has 1 aliphatic rings. The SMILES string of the molecule is Cc1nc(NN)c(C)c(Sc2n[nH]c(=O)n2C2CC2)n1. The molecule has 0 unspecified atom stereocenters. The number of aromatic nitrogens is 5. The van der Waals surface area contributed by atoms with Gasteiger partial charge in [-0.15, -0.1) is 5.10 Å². The summed E-state index contributed by atoms with van der Waals surface area (Å²) >= 11 is 1.35. The van der Waals surface area contributed by atoms with Crippen LogP contribution in [0.3, 0.4) is 0 Å². The molecule has 8 nitrogen and oxygen atoms in total. The van der Waals surface area contributed by atoms with Gasteiger partial charge in [0.05, 0.1) is 0 Å². The van der Waals surface area contributed by atoms with Gasteiger partial charge in [-0.3, -0.25) is 4.57 Å². The maximum Gasteiger partial charge on any atom is 0.344 e. The van der Waals surface area contributed by atoms with Crippen molar-refractivity contribution in [3.63, 3.8) is 0 Å². The Morgan fingerprint density at radius 1 is 1.40 bits per heavy atom. The Labute approximate surface area is 119 Å². The quantitative estimate of drug-likeness (QED) is 0.433. The molecule has 0 saturated heterocycles. The molecule has 2 aromatic rings. The third-order valence-electron chi connectivity index (χ3n) is 3.12. The molecular formula is C11H15N7OS. The Kier molecular flexibility index (Phi) is 3.22. The summed E-state index contributed by atoms with van der Waals surface area (Å²) in [5.41, 5.74) is 3.22. The summed E-state index contributed by atoms with van der Waals surface area (Å²) in [6, 6.07) is 0.263. The summed E-state index contributed by atoms with van der Waals surface area (Å²) in [6.07, 6.45) is 2.04. The van der Waals surface area contributed by atoms with Crippen molar-refractivity contribution < 1.29 is 0 Å². The topological polar surface area (TPSA) is 115 Å². The molecule has 0 aromatic carbocycles.